The first-order valence-corrected chi connectivity index (χ1v) is 13.3. The molecule has 8 nitrogen and oxygen atoms in total. The predicted octanol–water partition coefficient (Wildman–Crippen LogP) is 3.89. The van der Waals surface area contributed by atoms with Gasteiger partial charge in [0.05, 0.1) is 24.7 Å². The van der Waals surface area contributed by atoms with Crippen LogP contribution in [0.2, 0.25) is 0 Å². The summed E-state index contributed by atoms with van der Waals surface area (Å²) in [4.78, 5) is 14.4. The lowest BCUT2D eigenvalue weighted by Gasteiger charge is -2.31. The molecule has 0 spiro atoms. The Morgan fingerprint density at radius 2 is 1.77 bits per heavy atom. The van der Waals surface area contributed by atoms with E-state index in [2.05, 4.69) is 0 Å². The number of nitrogens with zero attached hydrogens (tertiary/aromatic N) is 2. The highest BCUT2D eigenvalue weighted by atomic mass is 32.2. The molecule has 1 unspecified atom stereocenters. The number of ether oxygens (including phenoxy) is 2. The third-order valence-electron chi connectivity index (χ3n) is 5.55. The molecular formula is C26H36N2O6S. The lowest BCUT2D eigenvalue weighted by molar-refractivity contribution is 0.0109. The quantitative estimate of drug-likeness (QED) is 0.499. The fourth-order valence-electron chi connectivity index (χ4n) is 3.65. The average molecular weight is 505 g/mol. The first-order valence-electron chi connectivity index (χ1n) is 11.8. The molecule has 3 rings (SSSR count). The molecule has 0 aromatic heterocycles. The van der Waals surface area contributed by atoms with Gasteiger partial charge < -0.3 is 19.5 Å². The molecule has 0 radical (unpaired) electrons. The molecule has 1 aliphatic carbocycles. The zero-order valence-electron chi connectivity index (χ0n) is 20.9. The van der Waals surface area contributed by atoms with Crippen molar-refractivity contribution in [3.63, 3.8) is 0 Å². The number of sulfonamides is 1. The SMILES string of the molecule is COc1cccc(S(=O)(=O)N(CC(O)CN(Cc2ccccc2)C(=O)OC(C)(C)C)CC2CC2)c1. The van der Waals surface area contributed by atoms with Gasteiger partial charge in [0.2, 0.25) is 10.0 Å². The van der Waals surface area contributed by atoms with Crippen molar-refractivity contribution in [3.05, 3.63) is 60.2 Å². The van der Waals surface area contributed by atoms with E-state index in [9.17, 15) is 18.3 Å². The lowest BCUT2D eigenvalue weighted by atomic mass is 10.2. The van der Waals surface area contributed by atoms with Crippen LogP contribution in [0.4, 0.5) is 4.79 Å². The van der Waals surface area contributed by atoms with Crippen LogP contribution in [0.1, 0.15) is 39.2 Å². The van der Waals surface area contributed by atoms with Crippen LogP contribution in [-0.2, 0) is 21.3 Å². The summed E-state index contributed by atoms with van der Waals surface area (Å²) < 4.78 is 39.0. The Kier molecular flexibility index (Phi) is 8.79. The molecule has 0 bridgehead atoms. The molecule has 0 saturated heterocycles. The Morgan fingerprint density at radius 3 is 2.37 bits per heavy atom. The predicted molar refractivity (Wildman–Crippen MR) is 134 cm³/mol. The van der Waals surface area contributed by atoms with Gasteiger partial charge in [-0.1, -0.05) is 36.4 Å². The molecule has 1 saturated carbocycles. The van der Waals surface area contributed by atoms with Gasteiger partial charge in [-0.05, 0) is 57.2 Å². The molecule has 1 fully saturated rings. The van der Waals surface area contributed by atoms with E-state index in [0.29, 0.717) is 12.3 Å². The Labute approximate surface area is 208 Å². The zero-order valence-corrected chi connectivity index (χ0v) is 21.7. The van der Waals surface area contributed by atoms with E-state index in [4.69, 9.17) is 9.47 Å². The van der Waals surface area contributed by atoms with Crippen LogP contribution in [0, 0.1) is 5.92 Å². The molecule has 35 heavy (non-hydrogen) atoms. The molecule has 0 aliphatic heterocycles. The Hall–Kier alpha value is -2.62. The number of hydrogen-bond donors (Lipinski definition) is 1. The number of hydrogen-bond acceptors (Lipinski definition) is 6. The molecule has 2 aromatic rings. The van der Waals surface area contributed by atoms with E-state index in [1.807, 2.05) is 30.3 Å². The number of amides is 1. The van der Waals surface area contributed by atoms with Crippen molar-refractivity contribution in [2.24, 2.45) is 5.92 Å². The van der Waals surface area contributed by atoms with Crippen molar-refractivity contribution in [2.45, 2.75) is 56.8 Å². The zero-order chi connectivity index (χ0) is 25.6. The van der Waals surface area contributed by atoms with Crippen LogP contribution in [0.3, 0.4) is 0 Å². The first kappa shape index (κ1) is 27.0. The molecule has 9 heteroatoms. The number of carbonyl (C=O) groups excluding carboxylic acids is 1. The summed E-state index contributed by atoms with van der Waals surface area (Å²) in [7, 11) is -2.39. The smallest absolute Gasteiger partial charge is 0.410 e. The number of carbonyl (C=O) groups is 1. The second-order valence-electron chi connectivity index (χ2n) is 9.94. The maximum atomic E-state index is 13.5. The van der Waals surface area contributed by atoms with Gasteiger partial charge in [0.15, 0.2) is 0 Å². The first-order chi connectivity index (χ1) is 16.5. The Bertz CT molecular complexity index is 1080. The second-order valence-corrected chi connectivity index (χ2v) is 11.9. The Morgan fingerprint density at radius 1 is 1.09 bits per heavy atom. The van der Waals surface area contributed by atoms with Crippen molar-refractivity contribution < 1.29 is 27.8 Å². The van der Waals surface area contributed by atoms with Crippen LogP contribution in [0.5, 0.6) is 5.75 Å². The third-order valence-corrected chi connectivity index (χ3v) is 7.38. The summed E-state index contributed by atoms with van der Waals surface area (Å²) in [5.41, 5.74) is 0.175. The molecule has 1 amide bonds. The van der Waals surface area contributed by atoms with E-state index in [1.54, 1.807) is 32.9 Å². The van der Waals surface area contributed by atoms with Gasteiger partial charge in [0.25, 0.3) is 0 Å². The maximum absolute atomic E-state index is 13.5. The minimum Gasteiger partial charge on any atom is -0.497 e. The highest BCUT2D eigenvalue weighted by molar-refractivity contribution is 7.89. The fraction of sp³-hybridized carbons (Fsp3) is 0.500. The summed E-state index contributed by atoms with van der Waals surface area (Å²) in [5.74, 6) is 0.714. The monoisotopic (exact) mass is 504 g/mol. The molecule has 192 valence electrons. The van der Waals surface area contributed by atoms with E-state index in [-0.39, 0.29) is 30.4 Å². The summed E-state index contributed by atoms with van der Waals surface area (Å²) >= 11 is 0. The molecule has 0 heterocycles. The number of benzene rings is 2. The molecule has 1 atom stereocenters. The van der Waals surface area contributed by atoms with Gasteiger partial charge in [-0.15, -0.1) is 0 Å². The normalized spacial score (nSPS) is 15.0. The Balaban J connectivity index is 1.78. The van der Waals surface area contributed by atoms with Crippen LogP contribution in [0.25, 0.3) is 0 Å². The minimum absolute atomic E-state index is 0.0708. The van der Waals surface area contributed by atoms with Crippen molar-refractivity contribution in [3.8, 4) is 5.75 Å². The second kappa shape index (κ2) is 11.4. The van der Waals surface area contributed by atoms with Crippen LogP contribution >= 0.6 is 0 Å². The average Bonchev–Trinajstić information content (AvgIpc) is 3.62. The molecule has 1 aliphatic rings. The summed E-state index contributed by atoms with van der Waals surface area (Å²) in [6.07, 6.45) is 0.242. The summed E-state index contributed by atoms with van der Waals surface area (Å²) in [6.45, 7) is 5.68. The van der Waals surface area contributed by atoms with Gasteiger partial charge in [-0.25, -0.2) is 13.2 Å². The van der Waals surface area contributed by atoms with Gasteiger partial charge in [-0.3, -0.25) is 0 Å². The van der Waals surface area contributed by atoms with Crippen LogP contribution in [-0.4, -0.2) is 67.3 Å². The van der Waals surface area contributed by atoms with Gasteiger partial charge >= 0.3 is 6.09 Å². The van der Waals surface area contributed by atoms with Crippen molar-refractivity contribution >= 4 is 16.1 Å². The number of aliphatic hydroxyl groups is 1. The van der Waals surface area contributed by atoms with Gasteiger partial charge in [0, 0.05) is 25.7 Å². The highest BCUT2D eigenvalue weighted by Gasteiger charge is 2.34. The molecular weight excluding hydrogens is 468 g/mol. The van der Waals surface area contributed by atoms with E-state index >= 15 is 0 Å². The van der Waals surface area contributed by atoms with Crippen molar-refractivity contribution in [1.82, 2.24) is 9.21 Å². The van der Waals surface area contributed by atoms with Gasteiger partial charge in [0.1, 0.15) is 11.4 Å². The fourth-order valence-corrected chi connectivity index (χ4v) is 5.24. The largest absolute Gasteiger partial charge is 0.497 e. The van der Waals surface area contributed by atoms with E-state index < -0.39 is 27.8 Å². The summed E-state index contributed by atoms with van der Waals surface area (Å²) in [6, 6.07) is 15.7. The van der Waals surface area contributed by atoms with Crippen molar-refractivity contribution in [1.29, 1.82) is 0 Å². The molecule has 1 N–H and O–H groups in total. The standard InChI is InChI=1S/C26H36N2O6S/c1-26(2,3)34-25(30)27(16-20-9-6-5-7-10-20)18-22(29)19-28(17-21-13-14-21)35(31,32)24-12-8-11-23(15-24)33-4/h5-12,15,21-22,29H,13-14,16-19H2,1-4H3. The van der Waals surface area contributed by atoms with E-state index in [0.717, 1.165) is 18.4 Å². The number of aliphatic hydroxyl groups excluding tert-OH is 1. The third kappa shape index (κ3) is 8.23. The van der Waals surface area contributed by atoms with Crippen LogP contribution in [0.15, 0.2) is 59.5 Å². The summed E-state index contributed by atoms with van der Waals surface area (Å²) in [5, 5.41) is 11.0. The maximum Gasteiger partial charge on any atom is 0.410 e. The van der Waals surface area contributed by atoms with E-state index in [1.165, 1.54) is 28.4 Å². The number of methoxy groups -OCH3 is 1. The minimum atomic E-state index is -3.87. The molecule has 2 aromatic carbocycles. The van der Waals surface area contributed by atoms with Crippen molar-refractivity contribution in [2.75, 3.05) is 26.7 Å². The van der Waals surface area contributed by atoms with Gasteiger partial charge in [-0.2, -0.15) is 4.31 Å². The topological polar surface area (TPSA) is 96.4 Å². The lowest BCUT2D eigenvalue weighted by Crippen LogP contribution is -2.46. The highest BCUT2D eigenvalue weighted by Crippen LogP contribution is 2.32. The van der Waals surface area contributed by atoms with Crippen LogP contribution < -0.4 is 4.74 Å². The number of rotatable bonds is 11.